The van der Waals surface area contributed by atoms with Crippen molar-refractivity contribution in [2.75, 3.05) is 41.8 Å². The predicted molar refractivity (Wildman–Crippen MR) is 99.8 cm³/mol. The maximum absolute atomic E-state index is 11.9. The van der Waals surface area contributed by atoms with Gasteiger partial charge in [-0.3, -0.25) is 4.55 Å². The number of rotatable bonds is 7. The molecule has 0 spiro atoms. The summed E-state index contributed by atoms with van der Waals surface area (Å²) in [6, 6.07) is 1.30. The van der Waals surface area contributed by atoms with Gasteiger partial charge in [0.25, 0.3) is 5.82 Å². The van der Waals surface area contributed by atoms with E-state index in [1.807, 2.05) is 17.1 Å². The molecule has 0 fully saturated rings. The van der Waals surface area contributed by atoms with Gasteiger partial charge in [0, 0.05) is 13.1 Å². The minimum Gasteiger partial charge on any atom is -0.441 e. The highest BCUT2D eigenvalue weighted by atomic mass is 32.3. The monoisotopic (exact) mass is 432 g/mol. The summed E-state index contributed by atoms with van der Waals surface area (Å²) >= 11 is 0. The van der Waals surface area contributed by atoms with E-state index in [-0.39, 0.29) is 19.0 Å². The quantitative estimate of drug-likeness (QED) is 0.314. The number of carbonyl (C=O) groups excluding carboxylic acids is 2. The van der Waals surface area contributed by atoms with Crippen LogP contribution in [0.4, 0.5) is 27.2 Å². The van der Waals surface area contributed by atoms with Gasteiger partial charge in [0.1, 0.15) is 0 Å². The van der Waals surface area contributed by atoms with Gasteiger partial charge in [0.15, 0.2) is 5.82 Å². The van der Waals surface area contributed by atoms with E-state index < -0.39 is 28.5 Å². The Labute approximate surface area is 167 Å². The van der Waals surface area contributed by atoms with Gasteiger partial charge in [-0.25, -0.2) is 19.2 Å². The number of ether oxygens (including phenoxy) is 2. The lowest BCUT2D eigenvalue weighted by atomic mass is 10.2. The zero-order valence-electron chi connectivity index (χ0n) is 15.8. The van der Waals surface area contributed by atoms with Crippen LogP contribution >= 0.6 is 0 Å². The molecule has 0 aromatic carbocycles. The highest BCUT2D eigenvalue weighted by Crippen LogP contribution is 2.19. The topological polar surface area (TPSA) is 160 Å². The fourth-order valence-electron chi connectivity index (χ4n) is 2.36. The lowest BCUT2D eigenvalue weighted by molar-refractivity contribution is -0.835. The normalized spacial score (nSPS) is 13.6. The Hall–Kier alpha value is -3.13. The van der Waals surface area contributed by atoms with Gasteiger partial charge in [0.2, 0.25) is 0 Å². The number of hydrogen-bond acceptors (Lipinski definition) is 9. The third kappa shape index (κ3) is 6.76. The molecule has 2 amide bonds. The first-order chi connectivity index (χ1) is 13.7. The van der Waals surface area contributed by atoms with E-state index in [0.29, 0.717) is 23.6 Å². The molecule has 0 saturated heterocycles. The lowest BCUT2D eigenvalue weighted by Crippen LogP contribution is -2.52. The van der Waals surface area contributed by atoms with Crippen molar-refractivity contribution in [3.05, 3.63) is 18.2 Å². The highest BCUT2D eigenvalue weighted by Gasteiger charge is 2.29. The third-order valence-corrected chi connectivity index (χ3v) is 3.78. The van der Waals surface area contributed by atoms with E-state index in [1.165, 1.54) is 6.07 Å². The summed E-state index contributed by atoms with van der Waals surface area (Å²) in [5, 5.41) is 4.50. The molecule has 13 nitrogen and oxygen atoms in total. The first-order valence-electron chi connectivity index (χ1n) is 8.65. The summed E-state index contributed by atoms with van der Waals surface area (Å²) in [4.78, 5) is 29.7. The molecule has 1 aromatic rings. The summed E-state index contributed by atoms with van der Waals surface area (Å²) in [7, 11) is -5.04. The Morgan fingerprint density at radius 2 is 1.86 bits per heavy atom. The predicted octanol–water partition coefficient (Wildman–Crippen LogP) is 0.504. The van der Waals surface area contributed by atoms with Crippen molar-refractivity contribution in [3.63, 3.8) is 0 Å². The second kappa shape index (κ2) is 9.88. The average Bonchev–Trinajstić information content (AvgIpc) is 2.64. The maximum atomic E-state index is 11.9. The maximum Gasteiger partial charge on any atom is 0.474 e. The number of carbonyl (C=O) groups is 2. The van der Waals surface area contributed by atoms with Crippen LogP contribution in [-0.2, 0) is 19.9 Å². The molecule has 0 saturated carbocycles. The summed E-state index contributed by atoms with van der Waals surface area (Å²) in [5.41, 5.74) is 0. The smallest absolute Gasteiger partial charge is 0.441 e. The van der Waals surface area contributed by atoms with Crippen molar-refractivity contribution in [2.24, 2.45) is 0 Å². The first-order valence-corrected chi connectivity index (χ1v) is 10.0. The first kappa shape index (κ1) is 22.2. The van der Waals surface area contributed by atoms with E-state index in [2.05, 4.69) is 19.9 Å². The fraction of sp³-hybridized carbons (Fsp3) is 0.467. The van der Waals surface area contributed by atoms with Crippen molar-refractivity contribution in [1.82, 2.24) is 4.98 Å². The summed E-state index contributed by atoms with van der Waals surface area (Å²) in [6.07, 6.45) is 2.75. The van der Waals surface area contributed by atoms with Gasteiger partial charge in [-0.05, 0) is 25.0 Å². The second-order valence-corrected chi connectivity index (χ2v) is 6.52. The van der Waals surface area contributed by atoms with Crippen LogP contribution in [0.15, 0.2) is 18.2 Å². The van der Waals surface area contributed by atoms with Gasteiger partial charge >= 0.3 is 28.5 Å². The molecule has 2 rings (SSSR count). The van der Waals surface area contributed by atoms with Gasteiger partial charge in [-0.2, -0.15) is 13.7 Å². The van der Waals surface area contributed by atoms with Gasteiger partial charge < -0.3 is 14.4 Å². The average molecular weight is 432 g/mol. The minimum absolute atomic E-state index is 0.0372. The number of hydrogen-bond donors (Lipinski definition) is 3. The Kier molecular flexibility index (Phi) is 7.55. The number of nitrogens with one attached hydrogen (secondary N) is 2. The van der Waals surface area contributed by atoms with Crippen LogP contribution in [0.1, 0.15) is 20.3 Å². The highest BCUT2D eigenvalue weighted by molar-refractivity contribution is 7.80. The van der Waals surface area contributed by atoms with Crippen molar-refractivity contribution in [3.8, 4) is 0 Å². The van der Waals surface area contributed by atoms with E-state index in [4.69, 9.17) is 14.0 Å². The molecule has 0 radical (unpaired) electrons. The molecule has 2 heterocycles. The van der Waals surface area contributed by atoms with Crippen LogP contribution in [0.25, 0.3) is 0 Å². The molecular weight excluding hydrogens is 410 g/mol. The van der Waals surface area contributed by atoms with Gasteiger partial charge in [-0.15, -0.1) is 0 Å². The van der Waals surface area contributed by atoms with Crippen LogP contribution in [-0.4, -0.2) is 56.4 Å². The molecule has 3 N–H and O–H groups in total. The molecule has 0 atom stereocenters. The molecule has 0 bridgehead atoms. The fourth-order valence-corrected chi connectivity index (χ4v) is 2.70. The van der Waals surface area contributed by atoms with E-state index in [0.717, 1.165) is 6.42 Å². The zero-order valence-corrected chi connectivity index (χ0v) is 16.6. The number of aromatic nitrogens is 2. The molecule has 1 aromatic heterocycles. The molecule has 14 heteroatoms. The van der Waals surface area contributed by atoms with Crippen molar-refractivity contribution < 1.29 is 41.0 Å². The summed E-state index contributed by atoms with van der Waals surface area (Å²) < 4.78 is 46.1. The Bertz CT molecular complexity index is 848. The molecule has 1 aliphatic rings. The molecule has 160 valence electrons. The molecular formula is C15H22N5O8S+. The Balaban J connectivity index is 2.55. The van der Waals surface area contributed by atoms with Crippen LogP contribution in [0, 0.1) is 0 Å². The van der Waals surface area contributed by atoms with Crippen LogP contribution in [0.3, 0.4) is 0 Å². The van der Waals surface area contributed by atoms with E-state index in [9.17, 15) is 18.0 Å². The molecule has 29 heavy (non-hydrogen) atoms. The molecule has 1 aliphatic heterocycles. The Morgan fingerprint density at radius 3 is 2.41 bits per heavy atom. The molecule has 0 aliphatic carbocycles. The summed E-state index contributed by atoms with van der Waals surface area (Å²) in [6.45, 7) is 4.32. The van der Waals surface area contributed by atoms with E-state index >= 15 is 0 Å². The second-order valence-electron chi connectivity index (χ2n) is 5.52. The zero-order chi connectivity index (χ0) is 21.4. The number of anilines is 3. The Morgan fingerprint density at radius 1 is 1.21 bits per heavy atom. The van der Waals surface area contributed by atoms with Gasteiger partial charge in [0.05, 0.1) is 19.3 Å². The third-order valence-electron chi connectivity index (χ3n) is 3.44. The van der Waals surface area contributed by atoms with Crippen molar-refractivity contribution >= 4 is 40.2 Å². The number of nitrogens with zero attached hydrogens (tertiary/aromatic N) is 3. The SMILES string of the molecule is CCOC(=O)Nc1cc(N2CC=CCC2)nc(NC(=O)OCC)[n+]1OS(=O)(=O)O. The van der Waals surface area contributed by atoms with E-state index in [1.54, 1.807) is 13.8 Å². The summed E-state index contributed by atoms with van der Waals surface area (Å²) in [5.74, 6) is -0.435. The lowest BCUT2D eigenvalue weighted by Gasteiger charge is -2.23. The van der Waals surface area contributed by atoms with Crippen LogP contribution in [0.5, 0.6) is 0 Å². The number of amides is 2. The van der Waals surface area contributed by atoms with Crippen molar-refractivity contribution in [2.45, 2.75) is 20.3 Å². The van der Waals surface area contributed by atoms with Crippen molar-refractivity contribution in [1.29, 1.82) is 0 Å². The van der Waals surface area contributed by atoms with Crippen LogP contribution in [0.2, 0.25) is 0 Å². The standard InChI is InChI=1S/C15H21N5O8S/c1-3-26-14(21)17-12-10-11(19-8-6-5-7-9-19)16-13(18-15(22)27-4-2)20(12)28-29(23,24)25/h5-6,10H,3-4,7-9H2,1-2H3,(H2,16,17,18,21,22,23,24,25)/p+1. The largest absolute Gasteiger partial charge is 0.474 e. The molecule has 0 unspecified atom stereocenters. The minimum atomic E-state index is -5.04. The van der Waals surface area contributed by atoms with Gasteiger partial charge in [-0.1, -0.05) is 17.1 Å². The van der Waals surface area contributed by atoms with Crippen LogP contribution < -0.4 is 24.5 Å².